The fraction of sp³-hybridized carbons (Fsp3) is 0. The third-order valence-corrected chi connectivity index (χ3v) is 5.23. The van der Waals surface area contributed by atoms with Crippen molar-refractivity contribution < 1.29 is 9.53 Å². The van der Waals surface area contributed by atoms with Crippen molar-refractivity contribution in [1.29, 1.82) is 5.26 Å². The zero-order valence-electron chi connectivity index (χ0n) is 17.8. The zero-order valence-corrected chi connectivity index (χ0v) is 19.3. The molecule has 0 fully saturated rings. The summed E-state index contributed by atoms with van der Waals surface area (Å²) < 4.78 is 5.39. The number of hydrogen-bond acceptors (Lipinski definition) is 7. The molecule has 0 saturated heterocycles. The van der Waals surface area contributed by atoms with Crippen LogP contribution in [0.4, 0.5) is 5.95 Å². The molecule has 0 atom stereocenters. The van der Waals surface area contributed by atoms with Gasteiger partial charge >= 0.3 is 5.97 Å². The van der Waals surface area contributed by atoms with Gasteiger partial charge in [-0.25, -0.2) is 15.2 Å². The minimum Gasteiger partial charge on any atom is -0.423 e. The maximum atomic E-state index is 12.4. The Kier molecular flexibility index (Phi) is 7.21. The number of rotatable bonds is 6. The van der Waals surface area contributed by atoms with Crippen LogP contribution in [0.5, 0.6) is 5.75 Å². The van der Waals surface area contributed by atoms with Crippen molar-refractivity contribution in [2.45, 2.75) is 0 Å². The zero-order chi connectivity index (χ0) is 24.8. The fourth-order valence-electron chi connectivity index (χ4n) is 3.08. The molecule has 1 aromatic heterocycles. The van der Waals surface area contributed by atoms with Gasteiger partial charge in [-0.05, 0) is 35.9 Å². The van der Waals surface area contributed by atoms with E-state index in [1.807, 2.05) is 12.1 Å². The largest absolute Gasteiger partial charge is 0.423 e. The summed E-state index contributed by atoms with van der Waals surface area (Å²) in [5, 5.41) is 14.0. The van der Waals surface area contributed by atoms with Crippen molar-refractivity contribution >= 4 is 41.3 Å². The summed E-state index contributed by atoms with van der Waals surface area (Å²) in [4.78, 5) is 31.6. The number of H-pyrrole nitrogens is 1. The number of carbonyl (C=O) groups is 1. The van der Waals surface area contributed by atoms with Gasteiger partial charge in [0.25, 0.3) is 5.56 Å². The van der Waals surface area contributed by atoms with Crippen molar-refractivity contribution in [2.75, 3.05) is 5.43 Å². The molecule has 8 nitrogen and oxygen atoms in total. The molecule has 0 unspecified atom stereocenters. The Hall–Kier alpha value is -4.45. The van der Waals surface area contributed by atoms with E-state index in [1.165, 1.54) is 18.3 Å². The molecule has 1 heterocycles. The van der Waals surface area contributed by atoms with Crippen LogP contribution in [0.25, 0.3) is 11.3 Å². The number of aromatic amines is 1. The molecule has 0 aliphatic rings. The summed E-state index contributed by atoms with van der Waals surface area (Å²) >= 11 is 11.9. The third kappa shape index (κ3) is 5.73. The number of esters is 1. The minimum atomic E-state index is -0.633. The molecular weight excluding hydrogens is 489 g/mol. The van der Waals surface area contributed by atoms with E-state index in [0.717, 1.165) is 0 Å². The Bertz CT molecular complexity index is 1530. The summed E-state index contributed by atoms with van der Waals surface area (Å²) in [6.45, 7) is 0. The Morgan fingerprint density at radius 3 is 2.63 bits per heavy atom. The summed E-state index contributed by atoms with van der Waals surface area (Å²) in [7, 11) is 0. The molecule has 4 aromatic rings. The highest BCUT2D eigenvalue weighted by molar-refractivity contribution is 6.36. The Morgan fingerprint density at radius 1 is 1.09 bits per heavy atom. The molecule has 35 heavy (non-hydrogen) atoms. The molecule has 10 heteroatoms. The first-order chi connectivity index (χ1) is 16.9. The normalized spacial score (nSPS) is 10.7. The first-order valence-corrected chi connectivity index (χ1v) is 10.9. The lowest BCUT2D eigenvalue weighted by Crippen LogP contribution is -2.16. The van der Waals surface area contributed by atoms with Crippen LogP contribution < -0.4 is 15.7 Å². The first kappa shape index (κ1) is 23.7. The van der Waals surface area contributed by atoms with Crippen molar-refractivity contribution in [3.8, 4) is 23.1 Å². The molecule has 0 saturated carbocycles. The van der Waals surface area contributed by atoms with E-state index in [0.29, 0.717) is 16.1 Å². The van der Waals surface area contributed by atoms with Gasteiger partial charge in [-0.2, -0.15) is 10.4 Å². The maximum Gasteiger partial charge on any atom is 0.345 e. The van der Waals surface area contributed by atoms with Crippen molar-refractivity contribution in [3.63, 3.8) is 0 Å². The van der Waals surface area contributed by atoms with Crippen molar-refractivity contribution in [3.05, 3.63) is 110 Å². The second kappa shape index (κ2) is 10.7. The number of halogens is 2. The smallest absolute Gasteiger partial charge is 0.345 e. The molecule has 0 bridgehead atoms. The lowest BCUT2D eigenvalue weighted by molar-refractivity contribution is 0.0735. The average Bonchev–Trinajstić information content (AvgIpc) is 2.84. The minimum absolute atomic E-state index is 0.0593. The quantitative estimate of drug-likeness (QED) is 0.160. The van der Waals surface area contributed by atoms with Gasteiger partial charge in [-0.3, -0.25) is 9.78 Å². The number of nitrogens with zero attached hydrogens (tertiary/aromatic N) is 3. The number of carbonyl (C=O) groups excluding carboxylic acids is 1. The lowest BCUT2D eigenvalue weighted by Gasteiger charge is -2.07. The van der Waals surface area contributed by atoms with E-state index in [9.17, 15) is 14.9 Å². The van der Waals surface area contributed by atoms with E-state index in [4.69, 9.17) is 27.9 Å². The molecule has 2 N–H and O–H groups in total. The van der Waals surface area contributed by atoms with Crippen LogP contribution in [-0.2, 0) is 0 Å². The highest BCUT2D eigenvalue weighted by Gasteiger charge is 2.14. The molecule has 172 valence electrons. The van der Waals surface area contributed by atoms with Gasteiger partial charge in [0.15, 0.2) is 0 Å². The number of nitrogens with one attached hydrogen (secondary N) is 2. The average molecular weight is 504 g/mol. The monoisotopic (exact) mass is 503 g/mol. The molecule has 4 rings (SSSR count). The second-order valence-corrected chi connectivity index (χ2v) is 7.92. The molecular formula is C25H15Cl2N5O3. The highest BCUT2D eigenvalue weighted by Crippen LogP contribution is 2.23. The summed E-state index contributed by atoms with van der Waals surface area (Å²) in [6, 6.07) is 21.9. The van der Waals surface area contributed by atoms with Crippen molar-refractivity contribution in [2.24, 2.45) is 5.10 Å². The number of aromatic nitrogens is 2. The van der Waals surface area contributed by atoms with Crippen LogP contribution in [0, 0.1) is 11.3 Å². The van der Waals surface area contributed by atoms with Crippen LogP contribution in [0.3, 0.4) is 0 Å². The van der Waals surface area contributed by atoms with Crippen molar-refractivity contribution in [1.82, 2.24) is 9.97 Å². The third-order valence-electron chi connectivity index (χ3n) is 4.68. The molecule has 0 aliphatic heterocycles. The Morgan fingerprint density at radius 2 is 1.89 bits per heavy atom. The predicted octanol–water partition coefficient (Wildman–Crippen LogP) is 5.28. The number of ether oxygens (including phenoxy) is 1. The summed E-state index contributed by atoms with van der Waals surface area (Å²) in [5.41, 5.74) is 3.61. The van der Waals surface area contributed by atoms with E-state index in [1.54, 1.807) is 54.6 Å². The second-order valence-electron chi connectivity index (χ2n) is 7.07. The van der Waals surface area contributed by atoms with Crippen LogP contribution in [-0.4, -0.2) is 22.2 Å². The lowest BCUT2D eigenvalue weighted by atomic mass is 10.1. The van der Waals surface area contributed by atoms with Crippen LogP contribution in [0.2, 0.25) is 10.0 Å². The first-order valence-electron chi connectivity index (χ1n) is 10.1. The standard InChI is InChI=1S/C25H15Cl2N5O3/c26-17-9-10-19(21(27)12-17)24(34)35-18-8-4-5-15(11-18)14-29-32-25-30-22(16-6-2-1-3-7-16)20(13-28)23(33)31-25/h1-12,14H,(H2,30,31,32,33). The maximum absolute atomic E-state index is 12.4. The molecule has 0 aliphatic carbocycles. The van der Waals surface area contributed by atoms with Crippen LogP contribution in [0.15, 0.2) is 82.7 Å². The van der Waals surface area contributed by atoms with Gasteiger partial charge in [0.05, 0.1) is 22.5 Å². The van der Waals surface area contributed by atoms with Gasteiger partial charge in [0.1, 0.15) is 17.4 Å². The SMILES string of the molecule is N#Cc1c(-c2ccccc2)nc(NN=Cc2cccc(OC(=O)c3ccc(Cl)cc3Cl)c2)[nH]c1=O. The highest BCUT2D eigenvalue weighted by atomic mass is 35.5. The van der Waals surface area contributed by atoms with Gasteiger partial charge in [-0.1, -0.05) is 65.7 Å². The molecule has 0 spiro atoms. The fourth-order valence-corrected chi connectivity index (χ4v) is 3.56. The summed E-state index contributed by atoms with van der Waals surface area (Å²) in [5.74, 6) is -0.294. The van der Waals surface area contributed by atoms with E-state index in [2.05, 4.69) is 20.5 Å². The van der Waals surface area contributed by atoms with Gasteiger partial charge in [0, 0.05) is 10.6 Å². The van der Waals surface area contributed by atoms with Gasteiger partial charge < -0.3 is 4.74 Å². The Labute approximate surface area is 209 Å². The Balaban J connectivity index is 1.50. The number of nitriles is 1. The van der Waals surface area contributed by atoms with E-state index < -0.39 is 11.5 Å². The number of hydrazone groups is 1. The van der Waals surface area contributed by atoms with E-state index >= 15 is 0 Å². The summed E-state index contributed by atoms with van der Waals surface area (Å²) in [6.07, 6.45) is 1.45. The van der Waals surface area contributed by atoms with Crippen LogP contribution in [0.1, 0.15) is 21.5 Å². The molecule has 0 radical (unpaired) electrons. The van der Waals surface area contributed by atoms with E-state index in [-0.39, 0.29) is 33.5 Å². The topological polar surface area (TPSA) is 120 Å². The predicted molar refractivity (Wildman–Crippen MR) is 134 cm³/mol. The number of benzene rings is 3. The van der Waals surface area contributed by atoms with Gasteiger partial charge in [-0.15, -0.1) is 0 Å². The van der Waals surface area contributed by atoms with Crippen LogP contribution >= 0.6 is 23.2 Å². The molecule has 3 aromatic carbocycles. The number of anilines is 1. The number of hydrogen-bond donors (Lipinski definition) is 2. The van der Waals surface area contributed by atoms with Gasteiger partial charge in [0.2, 0.25) is 5.95 Å². The molecule has 0 amide bonds.